The van der Waals surface area contributed by atoms with E-state index in [9.17, 15) is 13.2 Å². The van der Waals surface area contributed by atoms with Crippen molar-refractivity contribution in [1.82, 2.24) is 4.72 Å². The number of amides is 1. The van der Waals surface area contributed by atoms with Crippen LogP contribution in [0.4, 0.5) is 5.69 Å². The first-order valence-electron chi connectivity index (χ1n) is 15.4. The third kappa shape index (κ3) is 6.11. The summed E-state index contributed by atoms with van der Waals surface area (Å²) in [6, 6.07) is 21.0. The van der Waals surface area contributed by atoms with E-state index in [-0.39, 0.29) is 29.7 Å². The molecule has 1 N–H and O–H groups in total. The number of para-hydroxylation sites is 3. The van der Waals surface area contributed by atoms with Gasteiger partial charge in [-0.3, -0.25) is 4.79 Å². The molecule has 2 heterocycles. The monoisotopic (exact) mass is 620 g/mol. The van der Waals surface area contributed by atoms with E-state index in [4.69, 9.17) is 13.7 Å². The molecule has 9 heteroatoms. The van der Waals surface area contributed by atoms with Gasteiger partial charge in [0.05, 0.1) is 25.3 Å². The highest BCUT2D eigenvalue weighted by Crippen LogP contribution is 2.50. The highest BCUT2D eigenvalue weighted by atomic mass is 32.2. The topological polar surface area (TPSA) is 94.2 Å². The minimum atomic E-state index is -4.52. The number of hydrogen-bond acceptors (Lipinski definition) is 7. The quantitative estimate of drug-likeness (QED) is 0.265. The fourth-order valence-corrected chi connectivity index (χ4v) is 7.96. The largest absolute Gasteiger partial charge is 0.497 e. The second-order valence-corrected chi connectivity index (χ2v) is 13.9. The van der Waals surface area contributed by atoms with Crippen molar-refractivity contribution in [2.24, 2.45) is 0 Å². The summed E-state index contributed by atoms with van der Waals surface area (Å²) in [5.41, 5.74) is 2.14. The Hall–Kier alpha value is -3.72. The summed E-state index contributed by atoms with van der Waals surface area (Å²) in [5, 5.41) is 0. The number of carbonyl (C=O) groups is 1. The molecule has 0 aliphatic carbocycles. The van der Waals surface area contributed by atoms with Gasteiger partial charge in [-0.15, -0.1) is 0 Å². The number of carbonyl (C=O) groups excluding carboxylic acids is 1. The minimum absolute atomic E-state index is 0.00594. The molecule has 2 aliphatic heterocycles. The third-order valence-corrected chi connectivity index (χ3v) is 10.0. The third-order valence-electron chi connectivity index (χ3n) is 9.18. The molecule has 0 radical (unpaired) electrons. The zero-order chi connectivity index (χ0) is 31.6. The number of nitrogens with zero attached hydrogens (tertiary/aromatic N) is 1. The van der Waals surface area contributed by atoms with Crippen LogP contribution in [0.1, 0.15) is 88.3 Å². The lowest BCUT2D eigenvalue weighted by atomic mass is 9.64. The molecule has 0 saturated carbocycles. The first kappa shape index (κ1) is 31.7. The van der Waals surface area contributed by atoms with Crippen molar-refractivity contribution in [2.75, 3.05) is 19.1 Å². The predicted molar refractivity (Wildman–Crippen MR) is 173 cm³/mol. The van der Waals surface area contributed by atoms with Crippen LogP contribution in [-0.4, -0.2) is 40.6 Å². The maximum Gasteiger partial charge on any atom is 0.409 e. The number of ether oxygens (including phenoxy) is 2. The van der Waals surface area contributed by atoms with Crippen LogP contribution in [0.15, 0.2) is 66.7 Å². The van der Waals surface area contributed by atoms with Crippen LogP contribution in [-0.2, 0) is 20.5 Å². The van der Waals surface area contributed by atoms with E-state index in [2.05, 4.69) is 15.7 Å². The molecule has 5 rings (SSSR count). The van der Waals surface area contributed by atoms with Crippen LogP contribution in [0.25, 0.3) is 0 Å². The smallest absolute Gasteiger partial charge is 0.409 e. The fourth-order valence-electron chi connectivity index (χ4n) is 7.08. The summed E-state index contributed by atoms with van der Waals surface area (Å²) in [6.07, 6.45) is 3.63. The molecular weight excluding hydrogens is 576 g/mol. The number of methoxy groups -OCH3 is 2. The maximum atomic E-state index is 14.5. The van der Waals surface area contributed by atoms with Gasteiger partial charge < -0.3 is 18.6 Å². The van der Waals surface area contributed by atoms with Crippen molar-refractivity contribution in [2.45, 2.75) is 89.1 Å². The average Bonchev–Trinajstić information content (AvgIpc) is 2.99. The van der Waals surface area contributed by atoms with E-state index in [0.29, 0.717) is 18.6 Å². The molecule has 2 bridgehead atoms. The number of rotatable bonds is 10. The van der Waals surface area contributed by atoms with Crippen molar-refractivity contribution in [1.29, 1.82) is 0 Å². The molecule has 3 aromatic carbocycles. The summed E-state index contributed by atoms with van der Waals surface area (Å²) < 4.78 is 46.8. The Kier molecular flexibility index (Phi) is 9.16. The highest BCUT2D eigenvalue weighted by Gasteiger charge is 2.53. The molecule has 44 heavy (non-hydrogen) atoms. The van der Waals surface area contributed by atoms with E-state index < -0.39 is 21.6 Å². The molecule has 0 spiro atoms. The summed E-state index contributed by atoms with van der Waals surface area (Å²) in [4.78, 5) is 16.9. The lowest BCUT2D eigenvalue weighted by Crippen LogP contribution is -2.62. The lowest BCUT2D eigenvalue weighted by molar-refractivity contribution is -0.127. The Labute approximate surface area is 262 Å². The molecule has 0 aromatic heterocycles. The first-order chi connectivity index (χ1) is 21.0. The van der Waals surface area contributed by atoms with E-state index in [1.165, 1.54) is 0 Å². The zero-order valence-corrected chi connectivity index (χ0v) is 27.3. The van der Waals surface area contributed by atoms with Crippen LogP contribution < -0.4 is 23.3 Å². The van der Waals surface area contributed by atoms with Crippen molar-refractivity contribution in [3.63, 3.8) is 0 Å². The molecule has 236 valence electrons. The number of anilines is 1. The van der Waals surface area contributed by atoms with Gasteiger partial charge in [-0.1, -0.05) is 70.2 Å². The minimum Gasteiger partial charge on any atom is -0.497 e. The number of hydrogen-bond donors (Lipinski definition) is 1. The van der Waals surface area contributed by atoms with Crippen molar-refractivity contribution < 1.29 is 26.9 Å². The van der Waals surface area contributed by atoms with Crippen LogP contribution in [0, 0.1) is 0 Å². The van der Waals surface area contributed by atoms with Gasteiger partial charge in [0.2, 0.25) is 5.91 Å². The SMILES string of the molecule is COc1cccc(C2(C(=O)NS(=O)(=O)Oc3c(C(C)C)cccc3C(C)C)CC3CCCC(C2)N3c2ccccc2OC)c1. The van der Waals surface area contributed by atoms with Gasteiger partial charge in [0, 0.05) is 12.1 Å². The number of benzene rings is 3. The van der Waals surface area contributed by atoms with E-state index in [1.54, 1.807) is 14.2 Å². The van der Waals surface area contributed by atoms with Gasteiger partial charge in [0.1, 0.15) is 11.5 Å². The summed E-state index contributed by atoms with van der Waals surface area (Å²) >= 11 is 0. The molecule has 8 nitrogen and oxygen atoms in total. The van der Waals surface area contributed by atoms with Crippen molar-refractivity contribution in [3.05, 3.63) is 83.4 Å². The molecule has 2 saturated heterocycles. The molecular formula is C35H44N2O6S. The summed E-state index contributed by atoms with van der Waals surface area (Å²) in [7, 11) is -1.27. The predicted octanol–water partition coefficient (Wildman–Crippen LogP) is 6.85. The van der Waals surface area contributed by atoms with Crippen LogP contribution in [0.2, 0.25) is 0 Å². The highest BCUT2D eigenvalue weighted by molar-refractivity contribution is 7.85. The molecule has 2 unspecified atom stereocenters. The molecule has 2 aliphatic rings. The van der Waals surface area contributed by atoms with Gasteiger partial charge >= 0.3 is 10.3 Å². The average molecular weight is 621 g/mol. The number of piperidine rings is 2. The van der Waals surface area contributed by atoms with Gasteiger partial charge in [-0.05, 0) is 84.9 Å². The normalized spacial score (nSPS) is 21.7. The van der Waals surface area contributed by atoms with E-state index in [1.807, 2.05) is 88.4 Å². The Bertz CT molecular complexity index is 1560. The maximum absolute atomic E-state index is 14.5. The molecule has 2 atom stereocenters. The van der Waals surface area contributed by atoms with Crippen molar-refractivity contribution >= 4 is 21.9 Å². The summed E-state index contributed by atoms with van der Waals surface area (Å²) in [5.74, 6) is 1.14. The lowest BCUT2D eigenvalue weighted by Gasteiger charge is -2.54. The van der Waals surface area contributed by atoms with Gasteiger partial charge in [-0.2, -0.15) is 8.42 Å². The van der Waals surface area contributed by atoms with Crippen LogP contribution >= 0.6 is 0 Å². The Morgan fingerprint density at radius 2 is 1.48 bits per heavy atom. The van der Waals surface area contributed by atoms with Crippen LogP contribution in [0.5, 0.6) is 17.2 Å². The Balaban J connectivity index is 1.54. The number of nitrogens with one attached hydrogen (secondary N) is 1. The molecule has 2 fully saturated rings. The van der Waals surface area contributed by atoms with Gasteiger partial charge in [0.25, 0.3) is 0 Å². The second kappa shape index (κ2) is 12.7. The van der Waals surface area contributed by atoms with Gasteiger partial charge in [-0.25, -0.2) is 4.72 Å². The fraction of sp³-hybridized carbons (Fsp3) is 0.457. The Morgan fingerprint density at radius 1 is 0.864 bits per heavy atom. The Morgan fingerprint density at radius 3 is 2.07 bits per heavy atom. The van der Waals surface area contributed by atoms with E-state index in [0.717, 1.165) is 47.4 Å². The van der Waals surface area contributed by atoms with Gasteiger partial charge in [0.15, 0.2) is 5.75 Å². The van der Waals surface area contributed by atoms with Crippen molar-refractivity contribution in [3.8, 4) is 17.2 Å². The number of fused-ring (bicyclic) bond motifs is 2. The van der Waals surface area contributed by atoms with Crippen LogP contribution in [0.3, 0.4) is 0 Å². The second-order valence-electron chi connectivity index (χ2n) is 12.6. The van der Waals surface area contributed by atoms with E-state index >= 15 is 0 Å². The first-order valence-corrected chi connectivity index (χ1v) is 16.9. The standard InChI is InChI=1S/C35H44N2O6S/c1-23(2)29-16-11-17-30(24(3)4)33(29)43-44(39,40)36-34(38)35(25-12-9-15-28(20-25)41-5)21-26-13-10-14-27(22-35)37(26)31-18-7-8-19-32(31)42-6/h7-9,11-12,15-20,23-24,26-27H,10,13-14,21-22H2,1-6H3,(H,36,38). The summed E-state index contributed by atoms with van der Waals surface area (Å²) in [6.45, 7) is 7.96. The molecule has 1 amide bonds. The zero-order valence-electron chi connectivity index (χ0n) is 26.5. The molecule has 3 aromatic rings.